The summed E-state index contributed by atoms with van der Waals surface area (Å²) in [7, 11) is 4.46. The van der Waals surface area contributed by atoms with E-state index in [0.717, 1.165) is 88.2 Å². The summed E-state index contributed by atoms with van der Waals surface area (Å²) in [6.07, 6.45) is 32.6. The smallest absolute Gasteiger partial charge is 0.0547 e. The Morgan fingerprint density at radius 1 is 0.709 bits per heavy atom. The number of aliphatic imine (C=N–C) groups is 2. The van der Waals surface area contributed by atoms with Gasteiger partial charge < -0.3 is 9.80 Å². The van der Waals surface area contributed by atoms with Crippen LogP contribution in [-0.4, -0.2) is 103 Å². The van der Waals surface area contributed by atoms with Gasteiger partial charge in [-0.05, 0) is 123 Å². The fraction of sp³-hybridized carbons (Fsp3) is 0.574. The average molecular weight is 751 g/mol. The number of hydrogen-bond acceptors (Lipinski definition) is 8. The quantitative estimate of drug-likeness (QED) is 0.208. The van der Waals surface area contributed by atoms with Crippen molar-refractivity contribution in [2.75, 3.05) is 59.9 Å². The summed E-state index contributed by atoms with van der Waals surface area (Å²) in [5, 5.41) is 0. The monoisotopic (exact) mass is 751 g/mol. The van der Waals surface area contributed by atoms with Crippen molar-refractivity contribution in [2.45, 2.75) is 116 Å². The highest BCUT2D eigenvalue weighted by molar-refractivity contribution is 5.31. The van der Waals surface area contributed by atoms with E-state index in [0.29, 0.717) is 0 Å². The van der Waals surface area contributed by atoms with E-state index in [4.69, 9.17) is 4.98 Å². The van der Waals surface area contributed by atoms with Gasteiger partial charge in [-0.15, -0.1) is 0 Å². The molecule has 8 heteroatoms. The Morgan fingerprint density at radius 2 is 1.33 bits per heavy atom. The first-order chi connectivity index (χ1) is 26.9. The topological polar surface area (TPSA) is 63.5 Å². The first kappa shape index (κ1) is 45.8. The van der Waals surface area contributed by atoms with Crippen LogP contribution in [0.3, 0.4) is 0 Å². The number of hydrogen-bond donors (Lipinski definition) is 0. The lowest BCUT2D eigenvalue weighted by molar-refractivity contribution is 0.276. The molecule has 55 heavy (non-hydrogen) atoms. The number of pyridine rings is 2. The van der Waals surface area contributed by atoms with E-state index in [1.165, 1.54) is 95.6 Å². The molecule has 0 radical (unpaired) electrons. The number of allylic oxidation sites excluding steroid dienone is 5. The Bertz CT molecular complexity index is 1430. The van der Waals surface area contributed by atoms with Crippen LogP contribution in [0.15, 0.2) is 100 Å². The van der Waals surface area contributed by atoms with Crippen molar-refractivity contribution in [3.8, 4) is 0 Å². The first-order valence-corrected chi connectivity index (χ1v) is 21.2. The molecule has 0 saturated heterocycles. The highest BCUT2D eigenvalue weighted by Crippen LogP contribution is 2.14. The molecule has 1 aliphatic heterocycles. The third-order valence-corrected chi connectivity index (χ3v) is 10.3. The molecule has 2 aromatic heterocycles. The Morgan fingerprint density at radius 3 is 1.96 bits per heavy atom. The standard InChI is InChI=1S/C47H74N8/c1-43(48-2)27-17-25-37-54-36-22-14-10-6-8-12-20-33-52(4)34-24-18-28-44(49-3)40-55(41-45-29-16-19-32-50-45)38-23-15-11-7-9-13-21-35-53(5)39-46-30-26-31-47(42-54)51-46/h16-19,24-32H,2-3,6-15,20-23,33-42H2,1,4-5H3/b24-18-,25-17-,43-27-,44-28-. The molecule has 0 fully saturated rings. The summed E-state index contributed by atoms with van der Waals surface area (Å²) in [5.41, 5.74) is 5.38. The lowest BCUT2D eigenvalue weighted by atomic mass is 10.1. The number of likely N-dealkylation sites (N-methyl/N-ethyl adjacent to an activating group) is 1. The van der Waals surface area contributed by atoms with Gasteiger partial charge in [-0.25, -0.2) is 0 Å². The zero-order valence-electron chi connectivity index (χ0n) is 35.0. The van der Waals surface area contributed by atoms with Gasteiger partial charge >= 0.3 is 0 Å². The zero-order valence-corrected chi connectivity index (χ0v) is 35.0. The molecule has 0 saturated carbocycles. The first-order valence-electron chi connectivity index (χ1n) is 21.2. The summed E-state index contributed by atoms with van der Waals surface area (Å²) in [6.45, 7) is 19.1. The van der Waals surface area contributed by atoms with Crippen molar-refractivity contribution >= 4 is 13.4 Å². The molecule has 0 spiro atoms. The third-order valence-electron chi connectivity index (χ3n) is 10.3. The fourth-order valence-electron chi connectivity index (χ4n) is 7.03. The third kappa shape index (κ3) is 22.6. The van der Waals surface area contributed by atoms with Gasteiger partial charge in [0.15, 0.2) is 0 Å². The minimum atomic E-state index is 0.787. The average Bonchev–Trinajstić information content (AvgIpc) is 3.19. The molecule has 0 unspecified atom stereocenters. The predicted octanol–water partition coefficient (Wildman–Crippen LogP) is 9.92. The van der Waals surface area contributed by atoms with Crippen molar-refractivity contribution < 1.29 is 0 Å². The van der Waals surface area contributed by atoms with Crippen molar-refractivity contribution in [3.05, 3.63) is 108 Å². The van der Waals surface area contributed by atoms with Crippen LogP contribution in [0, 0.1) is 0 Å². The van der Waals surface area contributed by atoms with E-state index < -0.39 is 0 Å². The van der Waals surface area contributed by atoms with Crippen LogP contribution in [-0.2, 0) is 19.6 Å². The van der Waals surface area contributed by atoms with E-state index >= 15 is 0 Å². The van der Waals surface area contributed by atoms with E-state index in [1.54, 1.807) is 0 Å². The molecule has 302 valence electrons. The van der Waals surface area contributed by atoms with Gasteiger partial charge in [-0.2, -0.15) is 0 Å². The fourth-order valence-corrected chi connectivity index (χ4v) is 7.03. The molecule has 0 amide bonds. The SMILES string of the molecule is C=N/C(C)=C\C=C/CN1CCCCCCCCCN(C)C/C=C\C=C(/N=C)CN(Cc2ccccn2)CCCCCCCCCN(C)Cc2cccc(n2)C1. The van der Waals surface area contributed by atoms with Crippen LogP contribution in [0.25, 0.3) is 0 Å². The Hall–Kier alpha value is -3.56. The Kier molecular flexibility index (Phi) is 24.7. The molecule has 2 bridgehead atoms. The second-order valence-electron chi connectivity index (χ2n) is 15.5. The van der Waals surface area contributed by atoms with E-state index in [-0.39, 0.29) is 0 Å². The molecular formula is C47H74N8. The maximum atomic E-state index is 5.11. The summed E-state index contributed by atoms with van der Waals surface area (Å²) in [5.74, 6) is 0. The second-order valence-corrected chi connectivity index (χ2v) is 15.5. The van der Waals surface area contributed by atoms with Gasteiger partial charge in [0.25, 0.3) is 0 Å². The van der Waals surface area contributed by atoms with Gasteiger partial charge in [0.05, 0.1) is 22.8 Å². The number of aromatic nitrogens is 2. The van der Waals surface area contributed by atoms with Crippen LogP contribution in [0.5, 0.6) is 0 Å². The Balaban J connectivity index is 1.58. The molecule has 2 aromatic rings. The number of rotatable bonds is 7. The molecular weight excluding hydrogens is 677 g/mol. The molecule has 0 atom stereocenters. The van der Waals surface area contributed by atoms with Crippen molar-refractivity contribution in [1.29, 1.82) is 0 Å². The largest absolute Gasteiger partial charge is 0.303 e. The van der Waals surface area contributed by atoms with Crippen molar-refractivity contribution in [1.82, 2.24) is 29.6 Å². The molecule has 8 nitrogen and oxygen atoms in total. The summed E-state index contributed by atoms with van der Waals surface area (Å²) < 4.78 is 0. The number of nitrogens with zero attached hydrogens (tertiary/aromatic N) is 8. The van der Waals surface area contributed by atoms with Gasteiger partial charge in [0.1, 0.15) is 0 Å². The lowest BCUT2D eigenvalue weighted by Gasteiger charge is -2.22. The van der Waals surface area contributed by atoms with Crippen molar-refractivity contribution in [3.63, 3.8) is 0 Å². The van der Waals surface area contributed by atoms with E-state index in [9.17, 15) is 0 Å². The van der Waals surface area contributed by atoms with Gasteiger partial charge in [0.2, 0.25) is 0 Å². The second kappa shape index (κ2) is 29.7. The maximum absolute atomic E-state index is 5.11. The highest BCUT2D eigenvalue weighted by Gasteiger charge is 2.10. The highest BCUT2D eigenvalue weighted by atomic mass is 15.1. The van der Waals surface area contributed by atoms with Gasteiger partial charge in [-0.1, -0.05) is 101 Å². The van der Waals surface area contributed by atoms with E-state index in [1.807, 2.05) is 25.3 Å². The van der Waals surface area contributed by atoms with Crippen LogP contribution >= 0.6 is 0 Å². The zero-order chi connectivity index (χ0) is 39.2. The summed E-state index contributed by atoms with van der Waals surface area (Å²) in [4.78, 5) is 28.0. The summed E-state index contributed by atoms with van der Waals surface area (Å²) >= 11 is 0. The normalized spacial score (nSPS) is 21.4. The minimum Gasteiger partial charge on any atom is -0.303 e. The maximum Gasteiger partial charge on any atom is 0.0547 e. The molecule has 1 aliphatic rings. The lowest BCUT2D eigenvalue weighted by Crippen LogP contribution is -2.27. The number of fused-ring (bicyclic) bond motifs is 2. The summed E-state index contributed by atoms with van der Waals surface area (Å²) in [6, 6.07) is 12.7. The van der Waals surface area contributed by atoms with E-state index in [2.05, 4.69) is 123 Å². The minimum absolute atomic E-state index is 0.787. The van der Waals surface area contributed by atoms with Crippen LogP contribution in [0.2, 0.25) is 0 Å². The van der Waals surface area contributed by atoms with Crippen LogP contribution in [0.4, 0.5) is 0 Å². The molecule has 3 rings (SSSR count). The molecule has 0 aliphatic carbocycles. The molecule has 0 aromatic carbocycles. The molecule has 3 heterocycles. The van der Waals surface area contributed by atoms with Gasteiger partial charge in [-0.3, -0.25) is 29.8 Å². The van der Waals surface area contributed by atoms with Gasteiger partial charge in [0, 0.05) is 51.2 Å². The van der Waals surface area contributed by atoms with Crippen LogP contribution in [0.1, 0.15) is 114 Å². The van der Waals surface area contributed by atoms with Crippen LogP contribution < -0.4 is 0 Å². The molecule has 0 N–H and O–H groups in total. The predicted molar refractivity (Wildman–Crippen MR) is 237 cm³/mol. The Labute approximate surface area is 335 Å². The van der Waals surface area contributed by atoms with Crippen molar-refractivity contribution in [2.24, 2.45) is 9.98 Å².